The predicted molar refractivity (Wildman–Crippen MR) is 116 cm³/mol. The van der Waals surface area contributed by atoms with Crippen molar-refractivity contribution in [2.24, 2.45) is 0 Å². The van der Waals surface area contributed by atoms with E-state index in [0.717, 1.165) is 47.9 Å². The minimum Gasteiger partial charge on any atom is -0.457 e. The van der Waals surface area contributed by atoms with Gasteiger partial charge in [0.15, 0.2) is 0 Å². The second-order valence-corrected chi connectivity index (χ2v) is 8.58. The third kappa shape index (κ3) is 4.72. The van der Waals surface area contributed by atoms with Gasteiger partial charge in [0.05, 0.1) is 16.3 Å². The van der Waals surface area contributed by atoms with Crippen LogP contribution >= 0.6 is 11.8 Å². The Hall–Kier alpha value is -3.07. The first-order valence-corrected chi connectivity index (χ1v) is 10.9. The summed E-state index contributed by atoms with van der Waals surface area (Å²) in [7, 11) is 0. The van der Waals surface area contributed by atoms with E-state index >= 15 is 0 Å². The Kier molecular flexibility index (Phi) is 6.10. The number of halogens is 3. The number of imide groups is 1. The van der Waals surface area contributed by atoms with Crippen molar-refractivity contribution in [1.29, 1.82) is 0 Å². The molecular weight excluding hydrogens is 441 g/mol. The Morgan fingerprint density at radius 2 is 1.91 bits per heavy atom. The molecule has 3 aromatic rings. The summed E-state index contributed by atoms with van der Waals surface area (Å²) in [5, 5.41) is 1.73. The van der Waals surface area contributed by atoms with E-state index < -0.39 is 17.0 Å². The van der Waals surface area contributed by atoms with Gasteiger partial charge in [-0.1, -0.05) is 31.2 Å². The van der Waals surface area contributed by atoms with Gasteiger partial charge < -0.3 is 4.74 Å². The number of thioether (sulfide) groups is 1. The molecule has 5 nitrogen and oxygen atoms in total. The monoisotopic (exact) mass is 460 g/mol. The Bertz CT molecular complexity index is 1200. The molecule has 9 heteroatoms. The Balaban J connectivity index is 1.64. The predicted octanol–water partition coefficient (Wildman–Crippen LogP) is 5.89. The summed E-state index contributed by atoms with van der Waals surface area (Å²) in [5.41, 5.74) is 1.52. The average Bonchev–Trinajstić information content (AvgIpc) is 3.06. The summed E-state index contributed by atoms with van der Waals surface area (Å²) in [6, 6.07) is 10.3. The van der Waals surface area contributed by atoms with Crippen LogP contribution in [0, 0.1) is 0 Å². The molecule has 2 amide bonds. The Morgan fingerprint density at radius 1 is 1.09 bits per heavy atom. The number of pyridine rings is 1. The largest absolute Gasteiger partial charge is 0.457 e. The van der Waals surface area contributed by atoms with E-state index in [0.29, 0.717) is 17.7 Å². The third-order valence-corrected chi connectivity index (χ3v) is 6.11. The number of nitrogens with zero attached hydrogens (tertiary/aromatic N) is 1. The standard InChI is InChI=1S/C23H19F3N2O3S/c1-2-3-13-10-16(6-4-14(13)11-20-21(29)28-22(30)32-20)31-19-8-9-27-18-7-5-15(12-17(18)19)23(24,25)26/h4-10,12,20H,2-3,11H2,1H3,(H,28,29,30). The number of ether oxygens (including phenoxy) is 1. The summed E-state index contributed by atoms with van der Waals surface area (Å²) in [5.74, 6) is 0.445. The number of rotatable bonds is 6. The highest BCUT2D eigenvalue weighted by Crippen LogP contribution is 2.36. The van der Waals surface area contributed by atoms with Crippen molar-refractivity contribution >= 4 is 33.8 Å². The van der Waals surface area contributed by atoms with Gasteiger partial charge in [0.1, 0.15) is 11.5 Å². The van der Waals surface area contributed by atoms with E-state index in [1.54, 1.807) is 6.07 Å². The first-order chi connectivity index (χ1) is 15.2. The number of aromatic nitrogens is 1. The summed E-state index contributed by atoms with van der Waals surface area (Å²) in [4.78, 5) is 27.5. The SMILES string of the molecule is CCCc1cc(Oc2ccnc3ccc(C(F)(F)F)cc23)ccc1CC1SC(=O)NC1=O. The quantitative estimate of drug-likeness (QED) is 0.497. The zero-order valence-corrected chi connectivity index (χ0v) is 17.8. The molecule has 1 unspecified atom stereocenters. The van der Waals surface area contributed by atoms with Gasteiger partial charge >= 0.3 is 6.18 Å². The van der Waals surface area contributed by atoms with Crippen LogP contribution in [0.2, 0.25) is 0 Å². The molecule has 4 rings (SSSR count). The lowest BCUT2D eigenvalue weighted by molar-refractivity contribution is -0.137. The van der Waals surface area contributed by atoms with Crippen LogP contribution in [-0.4, -0.2) is 21.4 Å². The van der Waals surface area contributed by atoms with Gasteiger partial charge in [-0.15, -0.1) is 0 Å². The number of carbonyl (C=O) groups is 2. The lowest BCUT2D eigenvalue weighted by Gasteiger charge is -2.15. The van der Waals surface area contributed by atoms with Gasteiger partial charge in [0.25, 0.3) is 5.24 Å². The number of aryl methyl sites for hydroxylation is 1. The van der Waals surface area contributed by atoms with Crippen LogP contribution in [-0.2, 0) is 23.8 Å². The van der Waals surface area contributed by atoms with E-state index in [2.05, 4.69) is 10.3 Å². The minimum atomic E-state index is -4.47. The molecule has 1 aromatic heterocycles. The van der Waals surface area contributed by atoms with Crippen LogP contribution in [0.3, 0.4) is 0 Å². The van der Waals surface area contributed by atoms with Crippen LogP contribution in [0.15, 0.2) is 48.7 Å². The van der Waals surface area contributed by atoms with Crippen molar-refractivity contribution < 1.29 is 27.5 Å². The molecule has 1 aliphatic heterocycles. The van der Waals surface area contributed by atoms with Gasteiger partial charge in [0, 0.05) is 11.6 Å². The maximum atomic E-state index is 13.2. The van der Waals surface area contributed by atoms with Crippen LogP contribution in [0.4, 0.5) is 18.0 Å². The van der Waals surface area contributed by atoms with E-state index in [4.69, 9.17) is 4.74 Å². The highest BCUT2D eigenvalue weighted by Gasteiger charge is 2.32. The van der Waals surface area contributed by atoms with Crippen molar-refractivity contribution in [3.05, 3.63) is 65.4 Å². The van der Waals surface area contributed by atoms with Crippen molar-refractivity contribution in [3.63, 3.8) is 0 Å². The second-order valence-electron chi connectivity index (χ2n) is 7.41. The topological polar surface area (TPSA) is 68.3 Å². The van der Waals surface area contributed by atoms with E-state index in [-0.39, 0.29) is 22.3 Å². The number of benzene rings is 2. The number of hydrogen-bond acceptors (Lipinski definition) is 5. The molecule has 1 fully saturated rings. The zero-order chi connectivity index (χ0) is 22.9. The fraction of sp³-hybridized carbons (Fsp3) is 0.261. The Morgan fingerprint density at radius 3 is 2.59 bits per heavy atom. The van der Waals surface area contributed by atoms with Crippen LogP contribution < -0.4 is 10.1 Å². The molecule has 0 aliphatic carbocycles. The molecule has 0 spiro atoms. The molecule has 2 aromatic carbocycles. The number of hydrogen-bond donors (Lipinski definition) is 1. The molecule has 2 heterocycles. The molecule has 0 bridgehead atoms. The van der Waals surface area contributed by atoms with Crippen LogP contribution in [0.1, 0.15) is 30.0 Å². The van der Waals surface area contributed by atoms with E-state index in [1.807, 2.05) is 19.1 Å². The Labute approximate surface area is 186 Å². The van der Waals surface area contributed by atoms with Crippen molar-refractivity contribution in [2.75, 3.05) is 0 Å². The second kappa shape index (κ2) is 8.82. The van der Waals surface area contributed by atoms with E-state index in [9.17, 15) is 22.8 Å². The van der Waals surface area contributed by atoms with Crippen molar-refractivity contribution in [2.45, 2.75) is 37.6 Å². The number of nitrogens with one attached hydrogen (secondary N) is 1. The van der Waals surface area contributed by atoms with Crippen molar-refractivity contribution in [1.82, 2.24) is 10.3 Å². The highest BCUT2D eigenvalue weighted by molar-refractivity contribution is 8.15. The molecule has 32 heavy (non-hydrogen) atoms. The first kappa shape index (κ1) is 22.1. The summed E-state index contributed by atoms with van der Waals surface area (Å²) in [6.07, 6.45) is -0.991. The summed E-state index contributed by atoms with van der Waals surface area (Å²) >= 11 is 0.977. The lowest BCUT2D eigenvalue weighted by atomic mass is 9.98. The fourth-order valence-electron chi connectivity index (χ4n) is 3.61. The van der Waals surface area contributed by atoms with Gasteiger partial charge in [-0.05, 0) is 60.4 Å². The third-order valence-electron chi connectivity index (χ3n) is 5.13. The molecule has 0 saturated carbocycles. The maximum absolute atomic E-state index is 13.2. The summed E-state index contributed by atoms with van der Waals surface area (Å²) in [6.45, 7) is 2.02. The molecule has 1 aliphatic rings. The van der Waals surface area contributed by atoms with Crippen molar-refractivity contribution in [3.8, 4) is 11.5 Å². The van der Waals surface area contributed by atoms with Crippen LogP contribution in [0.5, 0.6) is 11.5 Å². The molecule has 1 saturated heterocycles. The average molecular weight is 460 g/mol. The maximum Gasteiger partial charge on any atom is 0.416 e. The van der Waals surface area contributed by atoms with Gasteiger partial charge in [-0.3, -0.25) is 19.9 Å². The molecule has 0 radical (unpaired) electrons. The van der Waals surface area contributed by atoms with E-state index in [1.165, 1.54) is 18.3 Å². The van der Waals surface area contributed by atoms with Gasteiger partial charge in [-0.25, -0.2) is 0 Å². The number of carbonyl (C=O) groups excluding carboxylic acids is 2. The fourth-order valence-corrected chi connectivity index (χ4v) is 4.45. The molecule has 1 atom stereocenters. The zero-order valence-electron chi connectivity index (χ0n) is 17.0. The van der Waals surface area contributed by atoms with Crippen LogP contribution in [0.25, 0.3) is 10.9 Å². The normalized spacial score (nSPS) is 16.4. The molecular formula is C23H19F3N2O3S. The summed E-state index contributed by atoms with van der Waals surface area (Å²) < 4.78 is 45.5. The van der Waals surface area contributed by atoms with Gasteiger partial charge in [-0.2, -0.15) is 13.2 Å². The highest BCUT2D eigenvalue weighted by atomic mass is 32.2. The molecule has 166 valence electrons. The number of amides is 2. The number of alkyl halides is 3. The first-order valence-electron chi connectivity index (χ1n) is 10.0. The number of fused-ring (bicyclic) bond motifs is 1. The molecule has 1 N–H and O–H groups in total. The smallest absolute Gasteiger partial charge is 0.416 e. The van der Waals surface area contributed by atoms with Gasteiger partial charge in [0.2, 0.25) is 5.91 Å². The lowest BCUT2D eigenvalue weighted by Crippen LogP contribution is -2.25. The minimum absolute atomic E-state index is 0.265.